The Morgan fingerprint density at radius 2 is 1.96 bits per heavy atom. The summed E-state index contributed by atoms with van der Waals surface area (Å²) >= 11 is 0. The second-order valence-electron chi connectivity index (χ2n) is 7.99. The standard InChI is InChI=1S/C21H35N3O2/c1-5-6-7-10-20(25)24(18-11-12-18)16-21(26)23(14-17(2)3)15-19-9-8-13-22(19)4/h8-9,13,17-18H,5-7,10-12,14-16H2,1-4H3. The lowest BCUT2D eigenvalue weighted by atomic mass is 10.1. The molecule has 1 aromatic rings. The molecule has 1 saturated carbocycles. The highest BCUT2D eigenvalue weighted by Gasteiger charge is 2.34. The van der Waals surface area contributed by atoms with Crippen LogP contribution in [0.2, 0.25) is 0 Å². The maximum Gasteiger partial charge on any atom is 0.242 e. The molecule has 26 heavy (non-hydrogen) atoms. The molecule has 2 amide bonds. The number of amides is 2. The van der Waals surface area contributed by atoms with Gasteiger partial charge in [-0.15, -0.1) is 0 Å². The molecule has 0 N–H and O–H groups in total. The molecule has 1 aromatic heterocycles. The Kier molecular flexibility index (Phi) is 7.73. The van der Waals surface area contributed by atoms with Gasteiger partial charge in [0.2, 0.25) is 11.8 Å². The molecule has 0 spiro atoms. The maximum absolute atomic E-state index is 13.0. The average molecular weight is 362 g/mol. The Balaban J connectivity index is 2.00. The van der Waals surface area contributed by atoms with Crippen LogP contribution in [0.1, 0.15) is 65.0 Å². The second kappa shape index (κ2) is 9.79. The highest BCUT2D eigenvalue weighted by atomic mass is 16.2. The molecule has 2 rings (SSSR count). The van der Waals surface area contributed by atoms with Crippen LogP contribution < -0.4 is 0 Å². The highest BCUT2D eigenvalue weighted by molar-refractivity contribution is 5.85. The van der Waals surface area contributed by atoms with Crippen molar-refractivity contribution in [2.75, 3.05) is 13.1 Å². The molecule has 0 bridgehead atoms. The van der Waals surface area contributed by atoms with Crippen molar-refractivity contribution in [3.05, 3.63) is 24.0 Å². The first-order chi connectivity index (χ1) is 12.4. The predicted octanol–water partition coefficient (Wildman–Crippen LogP) is 3.58. The smallest absolute Gasteiger partial charge is 0.242 e. The van der Waals surface area contributed by atoms with E-state index in [1.54, 1.807) is 0 Å². The van der Waals surface area contributed by atoms with Gasteiger partial charge in [-0.1, -0.05) is 33.6 Å². The number of aryl methyl sites for hydroxylation is 1. The van der Waals surface area contributed by atoms with Crippen LogP contribution in [0.3, 0.4) is 0 Å². The maximum atomic E-state index is 13.0. The van der Waals surface area contributed by atoms with Crippen LogP contribution >= 0.6 is 0 Å². The number of hydrogen-bond donors (Lipinski definition) is 0. The molecule has 146 valence electrons. The van der Waals surface area contributed by atoms with Crippen LogP contribution in [0.15, 0.2) is 18.3 Å². The van der Waals surface area contributed by atoms with Crippen molar-refractivity contribution in [2.24, 2.45) is 13.0 Å². The minimum Gasteiger partial charge on any atom is -0.353 e. The van der Waals surface area contributed by atoms with Gasteiger partial charge in [0.1, 0.15) is 6.54 Å². The highest BCUT2D eigenvalue weighted by Crippen LogP contribution is 2.28. The Bertz CT molecular complexity index is 590. The van der Waals surface area contributed by atoms with Crippen LogP contribution in [0.5, 0.6) is 0 Å². The second-order valence-corrected chi connectivity index (χ2v) is 7.99. The summed E-state index contributed by atoms with van der Waals surface area (Å²) in [5, 5.41) is 0. The van der Waals surface area contributed by atoms with Gasteiger partial charge in [0.15, 0.2) is 0 Å². The molecule has 0 aromatic carbocycles. The van der Waals surface area contributed by atoms with E-state index in [4.69, 9.17) is 0 Å². The molecule has 1 aliphatic rings. The van der Waals surface area contributed by atoms with Gasteiger partial charge in [0, 0.05) is 37.9 Å². The van der Waals surface area contributed by atoms with Crippen molar-refractivity contribution in [1.82, 2.24) is 14.4 Å². The molecular formula is C21H35N3O2. The average Bonchev–Trinajstić information content (AvgIpc) is 3.35. The zero-order chi connectivity index (χ0) is 19.1. The number of nitrogens with zero attached hydrogens (tertiary/aromatic N) is 3. The summed E-state index contributed by atoms with van der Waals surface area (Å²) in [4.78, 5) is 29.4. The first-order valence-electron chi connectivity index (χ1n) is 10.1. The lowest BCUT2D eigenvalue weighted by Crippen LogP contribution is -2.44. The van der Waals surface area contributed by atoms with Crippen molar-refractivity contribution in [3.63, 3.8) is 0 Å². The third-order valence-electron chi connectivity index (χ3n) is 4.95. The Labute approximate surface area is 158 Å². The van der Waals surface area contributed by atoms with Gasteiger partial charge in [-0.05, 0) is 37.3 Å². The molecule has 0 unspecified atom stereocenters. The topological polar surface area (TPSA) is 45.6 Å². The molecule has 5 heteroatoms. The number of hydrogen-bond acceptors (Lipinski definition) is 2. The third-order valence-corrected chi connectivity index (χ3v) is 4.95. The monoisotopic (exact) mass is 361 g/mol. The number of carbonyl (C=O) groups is 2. The van der Waals surface area contributed by atoms with Crippen LogP contribution in [0, 0.1) is 5.92 Å². The molecule has 1 aliphatic carbocycles. The molecule has 0 radical (unpaired) electrons. The summed E-state index contributed by atoms with van der Waals surface area (Å²) in [5.41, 5.74) is 1.12. The molecular weight excluding hydrogens is 326 g/mol. The van der Waals surface area contributed by atoms with Gasteiger partial charge in [-0.2, -0.15) is 0 Å². The Hall–Kier alpha value is -1.78. The van der Waals surface area contributed by atoms with Gasteiger partial charge >= 0.3 is 0 Å². The summed E-state index contributed by atoms with van der Waals surface area (Å²) in [6.45, 7) is 7.93. The summed E-state index contributed by atoms with van der Waals surface area (Å²) in [6, 6.07) is 4.33. The van der Waals surface area contributed by atoms with Gasteiger partial charge in [-0.3, -0.25) is 9.59 Å². The van der Waals surface area contributed by atoms with Gasteiger partial charge in [-0.25, -0.2) is 0 Å². The number of carbonyl (C=O) groups excluding carboxylic acids is 2. The van der Waals surface area contributed by atoms with E-state index in [-0.39, 0.29) is 24.4 Å². The minimum absolute atomic E-state index is 0.0654. The van der Waals surface area contributed by atoms with Crippen molar-refractivity contribution >= 4 is 11.8 Å². The largest absolute Gasteiger partial charge is 0.353 e. The lowest BCUT2D eigenvalue weighted by molar-refractivity contribution is -0.141. The van der Waals surface area contributed by atoms with Gasteiger partial charge in [0.05, 0.1) is 6.54 Å². The summed E-state index contributed by atoms with van der Waals surface area (Å²) in [7, 11) is 2.00. The Morgan fingerprint density at radius 3 is 2.50 bits per heavy atom. The zero-order valence-electron chi connectivity index (χ0n) is 16.9. The number of unbranched alkanes of at least 4 members (excludes halogenated alkanes) is 2. The SMILES string of the molecule is CCCCCC(=O)N(CC(=O)N(Cc1cccn1C)CC(C)C)C1CC1. The zero-order valence-corrected chi connectivity index (χ0v) is 16.9. The van der Waals surface area contributed by atoms with E-state index in [2.05, 4.69) is 31.4 Å². The van der Waals surface area contributed by atoms with E-state index in [0.29, 0.717) is 25.4 Å². The van der Waals surface area contributed by atoms with E-state index >= 15 is 0 Å². The summed E-state index contributed by atoms with van der Waals surface area (Å²) in [6.07, 6.45) is 7.75. The number of aromatic nitrogens is 1. The van der Waals surface area contributed by atoms with E-state index in [1.165, 1.54) is 0 Å². The lowest BCUT2D eigenvalue weighted by Gasteiger charge is -2.29. The first kappa shape index (κ1) is 20.5. The number of rotatable bonds is 11. The van der Waals surface area contributed by atoms with Crippen molar-refractivity contribution in [2.45, 2.75) is 71.9 Å². The normalized spacial score (nSPS) is 13.9. The van der Waals surface area contributed by atoms with Crippen LogP contribution in [-0.4, -0.2) is 45.3 Å². The fourth-order valence-corrected chi connectivity index (χ4v) is 3.27. The third kappa shape index (κ3) is 6.19. The fourth-order valence-electron chi connectivity index (χ4n) is 3.27. The Morgan fingerprint density at radius 1 is 1.23 bits per heavy atom. The molecule has 1 heterocycles. The van der Waals surface area contributed by atoms with Crippen LogP contribution in [0.25, 0.3) is 0 Å². The van der Waals surface area contributed by atoms with Crippen molar-refractivity contribution in [1.29, 1.82) is 0 Å². The quantitative estimate of drug-likeness (QED) is 0.566. The van der Waals surface area contributed by atoms with E-state index in [0.717, 1.165) is 37.8 Å². The fraction of sp³-hybridized carbons (Fsp3) is 0.714. The van der Waals surface area contributed by atoms with E-state index in [1.807, 2.05) is 29.1 Å². The van der Waals surface area contributed by atoms with E-state index in [9.17, 15) is 9.59 Å². The van der Waals surface area contributed by atoms with Crippen molar-refractivity contribution in [3.8, 4) is 0 Å². The van der Waals surface area contributed by atoms with Crippen LogP contribution in [-0.2, 0) is 23.2 Å². The van der Waals surface area contributed by atoms with E-state index < -0.39 is 0 Å². The van der Waals surface area contributed by atoms with Gasteiger partial charge < -0.3 is 14.4 Å². The molecule has 0 aliphatic heterocycles. The van der Waals surface area contributed by atoms with Crippen molar-refractivity contribution < 1.29 is 9.59 Å². The van der Waals surface area contributed by atoms with Gasteiger partial charge in [0.25, 0.3) is 0 Å². The molecule has 0 saturated heterocycles. The summed E-state index contributed by atoms with van der Waals surface area (Å²) < 4.78 is 2.05. The molecule has 1 fully saturated rings. The molecule has 5 nitrogen and oxygen atoms in total. The molecule has 0 atom stereocenters. The summed E-state index contributed by atoms with van der Waals surface area (Å²) in [5.74, 6) is 0.613. The van der Waals surface area contributed by atoms with Crippen LogP contribution in [0.4, 0.5) is 0 Å². The first-order valence-corrected chi connectivity index (χ1v) is 10.1. The minimum atomic E-state index is 0.0654. The predicted molar refractivity (Wildman–Crippen MR) is 105 cm³/mol.